The molecule has 1 aliphatic rings. The SMILES string of the molecule is CCc1ccc(C(=O)N(CC(=O)N2CCc3sccc3C2c2ccc(OC)cc2)C(C)(C)C)cc1. The Morgan fingerprint density at radius 3 is 2.34 bits per heavy atom. The van der Waals surface area contributed by atoms with Gasteiger partial charge in [0.25, 0.3) is 5.91 Å². The second kappa shape index (κ2) is 10.2. The number of fused-ring (bicyclic) bond motifs is 1. The van der Waals surface area contributed by atoms with Gasteiger partial charge in [-0.05, 0) is 86.0 Å². The fourth-order valence-electron chi connectivity index (χ4n) is 4.61. The average Bonchev–Trinajstić information content (AvgIpc) is 3.34. The normalized spacial score (nSPS) is 15.5. The van der Waals surface area contributed by atoms with Gasteiger partial charge in [0, 0.05) is 22.5 Å². The van der Waals surface area contributed by atoms with Crippen molar-refractivity contribution in [1.29, 1.82) is 0 Å². The van der Waals surface area contributed by atoms with E-state index in [1.807, 2.05) is 74.2 Å². The third-order valence-corrected chi connectivity index (χ3v) is 7.67. The number of rotatable bonds is 6. The number of amides is 2. The van der Waals surface area contributed by atoms with E-state index in [0.717, 1.165) is 24.2 Å². The van der Waals surface area contributed by atoms with Gasteiger partial charge in [0.1, 0.15) is 12.3 Å². The summed E-state index contributed by atoms with van der Waals surface area (Å²) in [5, 5.41) is 2.10. The van der Waals surface area contributed by atoms with Crippen molar-refractivity contribution in [2.45, 2.75) is 52.1 Å². The highest BCUT2D eigenvalue weighted by molar-refractivity contribution is 7.10. The minimum atomic E-state index is -0.505. The van der Waals surface area contributed by atoms with Gasteiger partial charge >= 0.3 is 0 Å². The van der Waals surface area contributed by atoms with Gasteiger partial charge in [-0.1, -0.05) is 31.2 Å². The van der Waals surface area contributed by atoms with Crippen molar-refractivity contribution in [2.75, 3.05) is 20.2 Å². The maximum atomic E-state index is 13.8. The number of benzene rings is 2. The molecule has 0 spiro atoms. The minimum Gasteiger partial charge on any atom is -0.497 e. The third-order valence-electron chi connectivity index (χ3n) is 6.68. The van der Waals surface area contributed by atoms with Gasteiger partial charge in [0.15, 0.2) is 0 Å². The lowest BCUT2D eigenvalue weighted by Gasteiger charge is -2.40. The van der Waals surface area contributed by atoms with Crippen LogP contribution in [-0.4, -0.2) is 47.4 Å². The number of methoxy groups -OCH3 is 1. The van der Waals surface area contributed by atoms with Gasteiger partial charge < -0.3 is 14.5 Å². The predicted octanol–water partition coefficient (Wildman–Crippen LogP) is 5.73. The topological polar surface area (TPSA) is 49.9 Å². The third kappa shape index (κ3) is 5.27. The van der Waals surface area contributed by atoms with Crippen molar-refractivity contribution in [2.24, 2.45) is 0 Å². The number of carbonyl (C=O) groups excluding carboxylic acids is 2. The van der Waals surface area contributed by atoms with Crippen molar-refractivity contribution in [3.8, 4) is 5.75 Å². The van der Waals surface area contributed by atoms with Crippen molar-refractivity contribution < 1.29 is 14.3 Å². The molecule has 4 rings (SSSR count). The van der Waals surface area contributed by atoms with Crippen LogP contribution in [0.4, 0.5) is 0 Å². The molecule has 1 atom stereocenters. The first-order chi connectivity index (χ1) is 16.7. The van der Waals surface area contributed by atoms with E-state index in [1.165, 1.54) is 16.0 Å². The molecule has 0 radical (unpaired) electrons. The van der Waals surface area contributed by atoms with E-state index in [1.54, 1.807) is 23.3 Å². The predicted molar refractivity (Wildman–Crippen MR) is 141 cm³/mol. The van der Waals surface area contributed by atoms with Crippen LogP contribution < -0.4 is 4.74 Å². The summed E-state index contributed by atoms with van der Waals surface area (Å²) in [6, 6.07) is 17.6. The summed E-state index contributed by atoms with van der Waals surface area (Å²) < 4.78 is 5.34. The van der Waals surface area contributed by atoms with E-state index < -0.39 is 5.54 Å². The zero-order chi connectivity index (χ0) is 25.2. The first-order valence-corrected chi connectivity index (χ1v) is 13.0. The van der Waals surface area contributed by atoms with Crippen LogP contribution in [0.25, 0.3) is 0 Å². The fourth-order valence-corrected chi connectivity index (χ4v) is 5.51. The van der Waals surface area contributed by atoms with E-state index in [2.05, 4.69) is 18.4 Å². The number of nitrogens with zero attached hydrogens (tertiary/aromatic N) is 2. The number of carbonyl (C=O) groups is 2. The van der Waals surface area contributed by atoms with Crippen LogP contribution in [0.1, 0.15) is 65.7 Å². The molecular formula is C29H34N2O3S. The van der Waals surface area contributed by atoms with Gasteiger partial charge in [0.05, 0.1) is 13.2 Å². The number of thiophene rings is 1. The molecule has 0 N–H and O–H groups in total. The Morgan fingerprint density at radius 1 is 1.06 bits per heavy atom. The Bertz CT molecular complexity index is 1180. The Kier molecular flexibility index (Phi) is 7.31. The summed E-state index contributed by atoms with van der Waals surface area (Å²) in [5.74, 6) is 0.616. The first kappa shape index (κ1) is 25.0. The molecular weight excluding hydrogens is 456 g/mol. The molecule has 0 aliphatic carbocycles. The molecule has 0 bridgehead atoms. The fraction of sp³-hybridized carbons (Fsp3) is 0.379. The van der Waals surface area contributed by atoms with Gasteiger partial charge in [0.2, 0.25) is 5.91 Å². The molecule has 0 fully saturated rings. The van der Waals surface area contributed by atoms with Gasteiger partial charge in [-0.3, -0.25) is 9.59 Å². The van der Waals surface area contributed by atoms with E-state index in [-0.39, 0.29) is 24.4 Å². The lowest BCUT2D eigenvalue weighted by Crippen LogP contribution is -2.52. The highest BCUT2D eigenvalue weighted by Gasteiger charge is 2.36. The van der Waals surface area contributed by atoms with Crippen LogP contribution in [0.15, 0.2) is 60.0 Å². The molecule has 3 aromatic rings. The monoisotopic (exact) mass is 490 g/mol. The molecule has 0 saturated heterocycles. The van der Waals surface area contributed by atoms with Crippen LogP contribution in [0.5, 0.6) is 5.75 Å². The van der Waals surface area contributed by atoms with Crippen molar-refractivity contribution >= 4 is 23.2 Å². The molecule has 6 heteroatoms. The van der Waals surface area contributed by atoms with Crippen LogP contribution in [0.2, 0.25) is 0 Å². The highest BCUT2D eigenvalue weighted by Crippen LogP contribution is 2.38. The number of hydrogen-bond acceptors (Lipinski definition) is 4. The molecule has 35 heavy (non-hydrogen) atoms. The van der Waals surface area contributed by atoms with Crippen LogP contribution in [0, 0.1) is 0 Å². The molecule has 2 amide bonds. The zero-order valence-electron chi connectivity index (χ0n) is 21.2. The second-order valence-corrected chi connectivity index (χ2v) is 10.9. The van der Waals surface area contributed by atoms with Crippen LogP contribution in [0.3, 0.4) is 0 Å². The molecule has 5 nitrogen and oxygen atoms in total. The average molecular weight is 491 g/mol. The summed E-state index contributed by atoms with van der Waals surface area (Å²) in [5.41, 5.74) is 3.50. The summed E-state index contributed by atoms with van der Waals surface area (Å²) in [6.45, 7) is 8.68. The Morgan fingerprint density at radius 2 is 1.74 bits per heavy atom. The van der Waals surface area contributed by atoms with E-state index in [4.69, 9.17) is 4.74 Å². The van der Waals surface area contributed by atoms with E-state index in [9.17, 15) is 9.59 Å². The number of hydrogen-bond donors (Lipinski definition) is 0. The van der Waals surface area contributed by atoms with Crippen molar-refractivity contribution in [1.82, 2.24) is 9.80 Å². The molecule has 184 valence electrons. The molecule has 2 heterocycles. The lowest BCUT2D eigenvalue weighted by molar-refractivity contribution is -0.135. The van der Waals surface area contributed by atoms with Crippen LogP contribution in [-0.2, 0) is 17.6 Å². The maximum absolute atomic E-state index is 13.8. The summed E-state index contributed by atoms with van der Waals surface area (Å²) in [6.07, 6.45) is 1.75. The number of ether oxygens (including phenoxy) is 1. The molecule has 1 unspecified atom stereocenters. The molecule has 1 aromatic heterocycles. The smallest absolute Gasteiger partial charge is 0.254 e. The quantitative estimate of drug-likeness (QED) is 0.443. The van der Waals surface area contributed by atoms with Gasteiger partial charge in [-0.25, -0.2) is 0 Å². The summed E-state index contributed by atoms with van der Waals surface area (Å²) in [4.78, 5) is 32.3. The standard InChI is InChI=1S/C29H34N2O3S/c1-6-20-7-9-22(10-8-20)28(33)31(29(2,3)4)19-26(32)30-17-15-25-24(16-18-35-25)27(30)21-11-13-23(34-5)14-12-21/h7-14,16,18,27H,6,15,17,19H2,1-5H3. The molecule has 0 saturated carbocycles. The van der Waals surface area contributed by atoms with Crippen molar-refractivity contribution in [3.05, 3.63) is 87.1 Å². The van der Waals surface area contributed by atoms with Gasteiger partial charge in [-0.2, -0.15) is 0 Å². The lowest BCUT2D eigenvalue weighted by atomic mass is 9.93. The molecule has 1 aliphatic heterocycles. The summed E-state index contributed by atoms with van der Waals surface area (Å²) in [7, 11) is 1.65. The molecule has 2 aromatic carbocycles. The largest absolute Gasteiger partial charge is 0.497 e. The Labute approximate surface area is 212 Å². The van der Waals surface area contributed by atoms with Crippen molar-refractivity contribution in [3.63, 3.8) is 0 Å². The minimum absolute atomic E-state index is 0.0317. The highest BCUT2D eigenvalue weighted by atomic mass is 32.1. The van der Waals surface area contributed by atoms with Gasteiger partial charge in [-0.15, -0.1) is 11.3 Å². The Balaban J connectivity index is 1.63. The first-order valence-electron chi connectivity index (χ1n) is 12.1. The maximum Gasteiger partial charge on any atom is 0.254 e. The van der Waals surface area contributed by atoms with E-state index >= 15 is 0 Å². The second-order valence-electron chi connectivity index (χ2n) is 9.92. The zero-order valence-corrected chi connectivity index (χ0v) is 22.0. The van der Waals surface area contributed by atoms with E-state index in [0.29, 0.717) is 12.1 Å². The number of aryl methyl sites for hydroxylation is 1. The summed E-state index contributed by atoms with van der Waals surface area (Å²) >= 11 is 1.74. The van der Waals surface area contributed by atoms with Crippen LogP contribution >= 0.6 is 11.3 Å². The Hall–Kier alpha value is -3.12.